The fourth-order valence-electron chi connectivity index (χ4n) is 0.610. The third-order valence-electron chi connectivity index (χ3n) is 1.29. The van der Waals surface area contributed by atoms with E-state index in [1.807, 2.05) is 0 Å². The van der Waals surface area contributed by atoms with E-state index >= 15 is 0 Å². The van der Waals surface area contributed by atoms with Crippen LogP contribution in [-0.2, 0) is 39.8 Å². The van der Waals surface area contributed by atoms with Gasteiger partial charge in [0.25, 0.3) is 0 Å². The number of aliphatic carboxylic acids is 1. The summed E-state index contributed by atoms with van der Waals surface area (Å²) in [5, 5.41) is 42.3. The van der Waals surface area contributed by atoms with Gasteiger partial charge in [-0.3, -0.25) is 9.98 Å². The van der Waals surface area contributed by atoms with Crippen LogP contribution in [-0.4, -0.2) is 49.0 Å². The van der Waals surface area contributed by atoms with Gasteiger partial charge in [-0.1, -0.05) is 5.90 Å². The third-order valence-corrected chi connectivity index (χ3v) is 1.54. The molecule has 0 aromatic heterocycles. The van der Waals surface area contributed by atoms with Gasteiger partial charge in [0.05, 0.1) is 25.6 Å². The normalized spacial score (nSPS) is 11.3. The minimum absolute atomic E-state index is 0. The zero-order chi connectivity index (χ0) is 15.3. The van der Waals surface area contributed by atoms with E-state index in [0.717, 1.165) is 18.9 Å². The molecule has 0 rings (SSSR count). The van der Waals surface area contributed by atoms with Crippen LogP contribution in [0.2, 0.25) is 0 Å². The summed E-state index contributed by atoms with van der Waals surface area (Å²) < 4.78 is 8.22. The Balaban J connectivity index is -0.000000344. The Morgan fingerprint density at radius 1 is 0.810 bits per heavy atom. The predicted molar refractivity (Wildman–Crippen MR) is 54.8 cm³/mol. The second-order valence-corrected chi connectivity index (χ2v) is 2.93. The van der Waals surface area contributed by atoms with Crippen molar-refractivity contribution < 1.29 is 107 Å². The topological polar surface area (TPSA) is 163 Å². The van der Waals surface area contributed by atoms with Crippen LogP contribution in [0.1, 0.15) is 0 Å². The van der Waals surface area contributed by atoms with Crippen LogP contribution >= 0.6 is 0 Å². The first-order valence-electron chi connectivity index (χ1n) is 4.50. The number of aliphatic imine (C=N–C) groups is 3. The molecule has 106 valence electrons. The standard InChI is InChI=1S/C8H13N3O5S.2Na.O.Tc/c12-5(2-10-7(14)4-17)9-1-6(13)11-3-8(15)16;;;;/h17H,1-4H2,(H,9,12)(H,10,14)(H,11,13)(H,15,16);;;;/q;2*+1;;+3/p-5/i;;;;1+1. The van der Waals surface area contributed by atoms with Crippen molar-refractivity contribution in [1.82, 2.24) is 0 Å². The zero-order valence-electron chi connectivity index (χ0n) is 11.4. The van der Waals surface area contributed by atoms with Gasteiger partial charge in [-0.15, -0.1) is 5.75 Å². The fourth-order valence-corrected chi connectivity index (χ4v) is 0.701. The number of carboxylic acids is 1. The van der Waals surface area contributed by atoms with Gasteiger partial charge < -0.3 is 42.8 Å². The average molecular weight is 419 g/mol. The number of carbonyl (C=O) groups excluding carboxylic acids is 1. The van der Waals surface area contributed by atoms with Crippen LogP contribution in [0.4, 0.5) is 0 Å². The fraction of sp³-hybridized carbons (Fsp3) is 0.500. The molecule has 0 fully saturated rings. The first kappa shape index (κ1) is 29.7. The van der Waals surface area contributed by atoms with Gasteiger partial charge in [0.1, 0.15) is 0 Å². The molecular weight excluding hydrogens is 411 g/mol. The molecule has 0 aliphatic heterocycles. The predicted octanol–water partition coefficient (Wildman–Crippen LogP) is -11.6. The number of carbonyl (C=O) groups is 1. The van der Waals surface area contributed by atoms with Crippen molar-refractivity contribution >= 4 is 36.3 Å². The molecule has 0 amide bonds. The molecule has 9 nitrogen and oxygen atoms in total. The van der Waals surface area contributed by atoms with Crippen LogP contribution < -0.4 is 79.5 Å². The van der Waals surface area contributed by atoms with Crippen LogP contribution in [0.3, 0.4) is 0 Å². The van der Waals surface area contributed by atoms with Crippen LogP contribution in [0.25, 0.3) is 0 Å². The molecule has 0 N–H and O–H groups in total. The van der Waals surface area contributed by atoms with E-state index in [4.69, 9.17) is 3.50 Å². The quantitative estimate of drug-likeness (QED) is 0.171. The van der Waals surface area contributed by atoms with Crippen molar-refractivity contribution in [3.63, 3.8) is 0 Å². The van der Waals surface area contributed by atoms with Gasteiger partial charge in [0.15, 0.2) is 0 Å². The molecule has 0 bridgehead atoms. The van der Waals surface area contributed by atoms with Crippen molar-refractivity contribution in [3.8, 4) is 0 Å². The Kier molecular flexibility index (Phi) is 29.2. The number of rotatable bonds is 7. The Bertz CT molecular complexity index is 383. The first-order chi connectivity index (χ1) is 8.95. The molecule has 13 heteroatoms. The maximum absolute atomic E-state index is 10.9. The number of hydrogen-bond acceptors (Lipinski definition) is 10. The summed E-state index contributed by atoms with van der Waals surface area (Å²) in [5.74, 6) is -3.99. The van der Waals surface area contributed by atoms with Gasteiger partial charge in [-0.2, -0.15) is 0 Å². The summed E-state index contributed by atoms with van der Waals surface area (Å²) >= 11 is 5.28. The van der Waals surface area contributed by atoms with Crippen molar-refractivity contribution in [2.75, 3.05) is 25.4 Å². The zero-order valence-corrected chi connectivity index (χ0v) is 18.1. The van der Waals surface area contributed by atoms with Crippen molar-refractivity contribution in [2.24, 2.45) is 15.0 Å². The Morgan fingerprint density at radius 2 is 1.14 bits per heavy atom. The minimum atomic E-state index is -1.50. The molecule has 0 aliphatic carbocycles. The Labute approximate surface area is 181 Å². The van der Waals surface area contributed by atoms with Gasteiger partial charge >= 0.3 is 81.5 Å². The van der Waals surface area contributed by atoms with E-state index in [2.05, 4.69) is 27.6 Å². The summed E-state index contributed by atoms with van der Waals surface area (Å²) in [4.78, 5) is 19.5. The average Bonchev–Trinajstić information content (AvgIpc) is 2.42. The molecule has 0 heterocycles. The molecule has 0 aromatic carbocycles. The molecule has 0 radical (unpaired) electrons. The van der Waals surface area contributed by atoms with Crippen LogP contribution in [0.5, 0.6) is 0 Å². The molecule has 0 aliphatic rings. The monoisotopic (exact) mass is 419 g/mol. The summed E-state index contributed by atoms with van der Waals surface area (Å²) in [6, 6.07) is 0. The van der Waals surface area contributed by atoms with Gasteiger partial charge in [-0.25, -0.2) is 0 Å². The van der Waals surface area contributed by atoms with E-state index in [1.54, 1.807) is 0 Å². The van der Waals surface area contributed by atoms with Crippen LogP contribution in [0.15, 0.2) is 15.0 Å². The molecule has 0 saturated carbocycles. The van der Waals surface area contributed by atoms with Crippen molar-refractivity contribution in [2.45, 2.75) is 0 Å². The number of carboxylic acid groups (broad SMARTS) is 1. The number of nitrogens with zero attached hydrogens (tertiary/aromatic N) is 3. The summed E-state index contributed by atoms with van der Waals surface area (Å²) in [6.45, 7) is -1.84. The summed E-state index contributed by atoms with van der Waals surface area (Å²) in [7, 11) is 0. The molecule has 0 saturated heterocycles. The van der Waals surface area contributed by atoms with E-state index in [0.29, 0.717) is 0 Å². The van der Waals surface area contributed by atoms with Gasteiger partial charge in [-0.05, 0) is 11.8 Å². The summed E-state index contributed by atoms with van der Waals surface area (Å²) in [6.07, 6.45) is 0. The van der Waals surface area contributed by atoms with Gasteiger partial charge in [0.2, 0.25) is 0 Å². The van der Waals surface area contributed by atoms with Crippen molar-refractivity contribution in [1.29, 1.82) is 0 Å². The van der Waals surface area contributed by atoms with Gasteiger partial charge in [0, 0.05) is 0 Å². The Morgan fingerprint density at radius 3 is 1.48 bits per heavy atom. The molecule has 21 heavy (non-hydrogen) atoms. The molecule has 0 atom stereocenters. The van der Waals surface area contributed by atoms with E-state index in [-0.39, 0.29) is 64.9 Å². The third kappa shape index (κ3) is 23.1. The second kappa shape index (κ2) is 20.7. The molecule has 0 unspecified atom stereocenters. The Hall–Kier alpha value is 0.679. The molecule has 0 aromatic rings. The second-order valence-electron chi connectivity index (χ2n) is 2.65. The first-order valence-corrected chi connectivity index (χ1v) is 5.83. The van der Waals surface area contributed by atoms with Crippen molar-refractivity contribution in [3.05, 3.63) is 0 Å². The SMILES string of the molecule is O=C([O-])CN=C([O-])CN=C([O-])CN=C([O-])C[S-].[Na+].[Na+].[O]=[99Tc+3]. The van der Waals surface area contributed by atoms with E-state index < -0.39 is 43.3 Å². The van der Waals surface area contributed by atoms with E-state index in [1.165, 1.54) is 0 Å². The maximum atomic E-state index is 10.9. The van der Waals surface area contributed by atoms with Crippen LogP contribution in [0, 0.1) is 0 Å². The summed E-state index contributed by atoms with van der Waals surface area (Å²) in [5.41, 5.74) is 0. The number of hydrogen-bond donors (Lipinski definition) is 0. The molecular formula is C8H8N3Na2O6STc. The molecule has 0 spiro atoms. The van der Waals surface area contributed by atoms with E-state index in [9.17, 15) is 25.2 Å².